The molecule has 0 bridgehead atoms. The van der Waals surface area contributed by atoms with Gasteiger partial charge in [0.2, 0.25) is 15.9 Å². The number of benzene rings is 2. The van der Waals surface area contributed by atoms with Crippen molar-refractivity contribution in [3.8, 4) is 0 Å². The number of carbonyl (C=O) groups is 1. The Morgan fingerprint density at radius 3 is 2.36 bits per heavy atom. The summed E-state index contributed by atoms with van der Waals surface area (Å²) in [5.41, 5.74) is 2.20. The van der Waals surface area contributed by atoms with E-state index in [2.05, 4.69) is 5.32 Å². The van der Waals surface area contributed by atoms with Crippen molar-refractivity contribution in [3.63, 3.8) is 0 Å². The normalized spacial score (nSPS) is 11.5. The van der Waals surface area contributed by atoms with Crippen molar-refractivity contribution in [2.75, 3.05) is 12.8 Å². The van der Waals surface area contributed by atoms with Gasteiger partial charge in [-0.25, -0.2) is 12.8 Å². The fourth-order valence-corrected chi connectivity index (χ4v) is 2.97. The van der Waals surface area contributed by atoms with Crippen LogP contribution in [-0.2, 0) is 27.9 Å². The zero-order valence-electron chi connectivity index (χ0n) is 14.2. The average Bonchev–Trinajstić information content (AvgIpc) is 2.54. The molecule has 2 rings (SSSR count). The molecular weight excluding hydrogens is 343 g/mol. The van der Waals surface area contributed by atoms with E-state index in [1.807, 2.05) is 31.2 Å². The minimum Gasteiger partial charge on any atom is -0.351 e. The molecule has 5 nitrogen and oxygen atoms in total. The third-order valence-corrected chi connectivity index (χ3v) is 4.90. The van der Waals surface area contributed by atoms with Crippen molar-refractivity contribution in [2.45, 2.75) is 20.0 Å². The third kappa shape index (κ3) is 5.95. The maximum absolute atomic E-state index is 13.6. The van der Waals surface area contributed by atoms with Crippen LogP contribution in [0.5, 0.6) is 0 Å². The summed E-state index contributed by atoms with van der Waals surface area (Å²) in [6.07, 6.45) is 1.06. The average molecular weight is 364 g/mol. The van der Waals surface area contributed by atoms with Crippen LogP contribution in [-0.4, -0.2) is 31.4 Å². The van der Waals surface area contributed by atoms with Gasteiger partial charge in [-0.1, -0.05) is 48.0 Å². The SMILES string of the molecule is Cc1ccc(CN(CC(=O)NCc2ccccc2F)S(C)(=O)=O)cc1. The number of amides is 1. The highest BCUT2D eigenvalue weighted by atomic mass is 32.2. The Kier molecular flexibility index (Phi) is 6.27. The number of carbonyl (C=O) groups excluding carboxylic acids is 1. The molecule has 0 aliphatic heterocycles. The molecule has 0 fully saturated rings. The fraction of sp³-hybridized carbons (Fsp3) is 0.278. The van der Waals surface area contributed by atoms with Gasteiger partial charge in [-0.15, -0.1) is 0 Å². The van der Waals surface area contributed by atoms with Gasteiger partial charge in [0.25, 0.3) is 0 Å². The van der Waals surface area contributed by atoms with E-state index in [4.69, 9.17) is 0 Å². The zero-order valence-corrected chi connectivity index (χ0v) is 15.0. The summed E-state index contributed by atoms with van der Waals surface area (Å²) in [5, 5.41) is 2.55. The lowest BCUT2D eigenvalue weighted by Crippen LogP contribution is -2.39. The zero-order chi connectivity index (χ0) is 18.4. The molecule has 0 radical (unpaired) electrons. The smallest absolute Gasteiger partial charge is 0.235 e. The highest BCUT2D eigenvalue weighted by Gasteiger charge is 2.20. The second-order valence-corrected chi connectivity index (χ2v) is 7.87. The topological polar surface area (TPSA) is 66.5 Å². The summed E-state index contributed by atoms with van der Waals surface area (Å²) in [6, 6.07) is 13.5. The number of nitrogens with zero attached hydrogens (tertiary/aromatic N) is 1. The molecule has 7 heteroatoms. The first-order valence-electron chi connectivity index (χ1n) is 7.76. The van der Waals surface area contributed by atoms with Crippen LogP contribution in [0.3, 0.4) is 0 Å². The minimum absolute atomic E-state index is 0.00758. The van der Waals surface area contributed by atoms with Crippen LogP contribution in [0.25, 0.3) is 0 Å². The van der Waals surface area contributed by atoms with E-state index in [9.17, 15) is 17.6 Å². The molecule has 134 valence electrons. The maximum Gasteiger partial charge on any atom is 0.235 e. The van der Waals surface area contributed by atoms with Gasteiger partial charge in [-0.3, -0.25) is 4.79 Å². The molecule has 0 heterocycles. The van der Waals surface area contributed by atoms with Crippen molar-refractivity contribution in [1.29, 1.82) is 0 Å². The molecule has 0 spiro atoms. The Labute approximate surface area is 147 Å². The number of nitrogens with one attached hydrogen (secondary N) is 1. The minimum atomic E-state index is -3.56. The highest BCUT2D eigenvalue weighted by molar-refractivity contribution is 7.88. The first kappa shape index (κ1) is 19.1. The molecule has 0 saturated heterocycles. The molecule has 0 aliphatic rings. The standard InChI is InChI=1S/C18H21FN2O3S/c1-14-7-9-15(10-8-14)12-21(25(2,23)24)13-18(22)20-11-16-5-3-4-6-17(16)19/h3-10H,11-13H2,1-2H3,(H,20,22). The number of hydrogen-bond donors (Lipinski definition) is 1. The lowest BCUT2D eigenvalue weighted by Gasteiger charge is -2.19. The molecule has 0 unspecified atom stereocenters. The first-order chi connectivity index (χ1) is 11.8. The Balaban J connectivity index is 2.00. The van der Waals surface area contributed by atoms with E-state index in [1.165, 1.54) is 6.07 Å². The van der Waals surface area contributed by atoms with Crippen molar-refractivity contribution in [3.05, 3.63) is 71.0 Å². The van der Waals surface area contributed by atoms with Crippen LogP contribution in [0, 0.1) is 12.7 Å². The summed E-state index contributed by atoms with van der Waals surface area (Å²) < 4.78 is 38.6. The molecule has 0 aromatic heterocycles. The number of rotatable bonds is 7. The monoisotopic (exact) mass is 364 g/mol. The van der Waals surface area contributed by atoms with E-state index < -0.39 is 21.7 Å². The summed E-state index contributed by atoms with van der Waals surface area (Å²) in [7, 11) is -3.56. The summed E-state index contributed by atoms with van der Waals surface area (Å²) >= 11 is 0. The maximum atomic E-state index is 13.6. The van der Waals surface area contributed by atoms with E-state index >= 15 is 0 Å². The van der Waals surface area contributed by atoms with E-state index in [-0.39, 0.29) is 19.6 Å². The first-order valence-corrected chi connectivity index (χ1v) is 9.61. The molecule has 0 atom stereocenters. The molecular formula is C18H21FN2O3S. The van der Waals surface area contributed by atoms with Crippen LogP contribution < -0.4 is 5.32 Å². The predicted molar refractivity (Wildman–Crippen MR) is 94.7 cm³/mol. The molecule has 2 aromatic carbocycles. The molecule has 25 heavy (non-hydrogen) atoms. The summed E-state index contributed by atoms with van der Waals surface area (Å²) in [5.74, 6) is -0.900. The van der Waals surface area contributed by atoms with Crippen molar-refractivity contribution in [2.24, 2.45) is 0 Å². The van der Waals surface area contributed by atoms with Crippen LogP contribution in [0.4, 0.5) is 4.39 Å². The lowest BCUT2D eigenvalue weighted by atomic mass is 10.1. The van der Waals surface area contributed by atoms with Crippen LogP contribution in [0.2, 0.25) is 0 Å². The van der Waals surface area contributed by atoms with Gasteiger partial charge >= 0.3 is 0 Å². The Hall–Kier alpha value is -2.25. The van der Waals surface area contributed by atoms with Gasteiger partial charge in [-0.2, -0.15) is 4.31 Å². The molecule has 1 N–H and O–H groups in total. The summed E-state index contributed by atoms with van der Waals surface area (Å²) in [4.78, 5) is 12.1. The quantitative estimate of drug-likeness (QED) is 0.819. The van der Waals surface area contributed by atoms with Gasteiger partial charge in [0.1, 0.15) is 5.82 Å². The second kappa shape index (κ2) is 8.22. The molecule has 2 aromatic rings. The largest absolute Gasteiger partial charge is 0.351 e. The summed E-state index contributed by atoms with van der Waals surface area (Å²) in [6.45, 7) is 1.73. The van der Waals surface area contributed by atoms with E-state index in [1.54, 1.807) is 18.2 Å². The van der Waals surface area contributed by atoms with Gasteiger partial charge in [-0.05, 0) is 18.6 Å². The Morgan fingerprint density at radius 1 is 1.12 bits per heavy atom. The Bertz CT molecular complexity index is 836. The van der Waals surface area contributed by atoms with Crippen LogP contribution in [0.1, 0.15) is 16.7 Å². The lowest BCUT2D eigenvalue weighted by molar-refractivity contribution is -0.121. The van der Waals surface area contributed by atoms with E-state index in [0.29, 0.717) is 5.56 Å². The van der Waals surface area contributed by atoms with Crippen molar-refractivity contribution < 1.29 is 17.6 Å². The number of hydrogen-bond acceptors (Lipinski definition) is 3. The van der Waals surface area contributed by atoms with Gasteiger partial charge in [0, 0.05) is 18.7 Å². The third-order valence-electron chi connectivity index (χ3n) is 3.70. The second-order valence-electron chi connectivity index (χ2n) is 5.88. The number of sulfonamides is 1. The fourth-order valence-electron chi connectivity index (χ4n) is 2.24. The van der Waals surface area contributed by atoms with Gasteiger partial charge < -0.3 is 5.32 Å². The van der Waals surface area contributed by atoms with Gasteiger partial charge in [0.15, 0.2) is 0 Å². The van der Waals surface area contributed by atoms with Crippen LogP contribution in [0.15, 0.2) is 48.5 Å². The van der Waals surface area contributed by atoms with Gasteiger partial charge in [0.05, 0.1) is 12.8 Å². The molecule has 0 aliphatic carbocycles. The predicted octanol–water partition coefficient (Wildman–Crippen LogP) is 2.21. The van der Waals surface area contributed by atoms with E-state index in [0.717, 1.165) is 21.7 Å². The number of halogens is 1. The van der Waals surface area contributed by atoms with Crippen LogP contribution >= 0.6 is 0 Å². The van der Waals surface area contributed by atoms with Crippen molar-refractivity contribution >= 4 is 15.9 Å². The van der Waals surface area contributed by atoms with Crippen molar-refractivity contribution in [1.82, 2.24) is 9.62 Å². The highest BCUT2D eigenvalue weighted by Crippen LogP contribution is 2.10. The molecule has 0 saturated carbocycles. The number of aryl methyl sites for hydroxylation is 1. The Morgan fingerprint density at radius 2 is 1.76 bits per heavy atom. The molecule has 1 amide bonds.